The predicted molar refractivity (Wildman–Crippen MR) is 76.1 cm³/mol. The van der Waals surface area contributed by atoms with Crippen LogP contribution in [0.2, 0.25) is 0 Å². The number of nitrogens with one attached hydrogen (secondary N) is 2. The van der Waals surface area contributed by atoms with Crippen LogP contribution in [0.3, 0.4) is 0 Å². The number of hydrogen-bond acceptors (Lipinski definition) is 3. The predicted octanol–water partition coefficient (Wildman–Crippen LogP) is 2.33. The minimum Gasteiger partial charge on any atom is -0.381 e. The Kier molecular flexibility index (Phi) is 4.93. The first-order valence-corrected chi connectivity index (χ1v) is 6.92. The molecule has 0 aliphatic carbocycles. The molecular weight excluding hydrogens is 240 g/mol. The highest BCUT2D eigenvalue weighted by Crippen LogP contribution is 2.19. The van der Waals surface area contributed by atoms with Gasteiger partial charge in [0.05, 0.1) is 12.5 Å². The van der Waals surface area contributed by atoms with Crippen LogP contribution in [0.4, 0.5) is 5.69 Å². The van der Waals surface area contributed by atoms with E-state index in [1.165, 1.54) is 5.56 Å². The third-order valence-electron chi connectivity index (χ3n) is 3.46. The summed E-state index contributed by atoms with van der Waals surface area (Å²) >= 11 is 0. The highest BCUT2D eigenvalue weighted by atomic mass is 16.5. The maximum atomic E-state index is 12.0. The lowest BCUT2D eigenvalue weighted by Gasteiger charge is -2.15. The Balaban J connectivity index is 2.00. The average Bonchev–Trinajstić information content (AvgIpc) is 2.93. The number of hydrogen-bond donors (Lipinski definition) is 2. The van der Waals surface area contributed by atoms with E-state index in [2.05, 4.69) is 30.5 Å². The van der Waals surface area contributed by atoms with Gasteiger partial charge in [-0.2, -0.15) is 0 Å². The van der Waals surface area contributed by atoms with Crippen LogP contribution in [-0.4, -0.2) is 25.7 Å². The van der Waals surface area contributed by atoms with Crippen molar-refractivity contribution in [2.24, 2.45) is 5.92 Å². The molecule has 1 aromatic rings. The first-order chi connectivity index (χ1) is 9.20. The zero-order valence-corrected chi connectivity index (χ0v) is 11.6. The number of anilines is 1. The van der Waals surface area contributed by atoms with Gasteiger partial charge in [0.2, 0.25) is 5.91 Å². The van der Waals surface area contributed by atoms with Crippen molar-refractivity contribution < 1.29 is 9.53 Å². The van der Waals surface area contributed by atoms with E-state index >= 15 is 0 Å². The number of ether oxygens (including phenoxy) is 1. The number of carbonyl (C=O) groups excluding carboxylic acids is 1. The highest BCUT2D eigenvalue weighted by molar-refractivity contribution is 5.92. The molecule has 1 aromatic carbocycles. The topological polar surface area (TPSA) is 50.4 Å². The lowest BCUT2D eigenvalue weighted by Crippen LogP contribution is -2.23. The molecule has 0 aromatic heterocycles. The van der Waals surface area contributed by atoms with Crippen molar-refractivity contribution in [1.29, 1.82) is 0 Å². The Morgan fingerprint density at radius 3 is 3.05 bits per heavy atom. The van der Waals surface area contributed by atoms with Crippen molar-refractivity contribution in [3.8, 4) is 0 Å². The van der Waals surface area contributed by atoms with E-state index in [1.54, 1.807) is 0 Å². The van der Waals surface area contributed by atoms with Gasteiger partial charge < -0.3 is 15.4 Å². The largest absolute Gasteiger partial charge is 0.381 e. The summed E-state index contributed by atoms with van der Waals surface area (Å²) in [4.78, 5) is 12.0. The average molecular weight is 262 g/mol. The number of rotatable bonds is 5. The Labute approximate surface area is 114 Å². The second kappa shape index (κ2) is 6.68. The Morgan fingerprint density at radius 2 is 2.37 bits per heavy atom. The molecule has 19 heavy (non-hydrogen) atoms. The molecule has 0 saturated carbocycles. The molecule has 2 rings (SSSR count). The van der Waals surface area contributed by atoms with Gasteiger partial charge in [0.25, 0.3) is 0 Å². The van der Waals surface area contributed by atoms with E-state index in [0.29, 0.717) is 13.2 Å². The van der Waals surface area contributed by atoms with Crippen molar-refractivity contribution in [1.82, 2.24) is 5.32 Å². The normalized spacial score (nSPS) is 20.2. The van der Waals surface area contributed by atoms with Crippen molar-refractivity contribution in [2.45, 2.75) is 26.3 Å². The fraction of sp³-hybridized carbons (Fsp3) is 0.533. The van der Waals surface area contributed by atoms with Crippen LogP contribution in [-0.2, 0) is 9.53 Å². The van der Waals surface area contributed by atoms with E-state index in [-0.39, 0.29) is 17.9 Å². The maximum absolute atomic E-state index is 12.0. The van der Waals surface area contributed by atoms with E-state index in [0.717, 1.165) is 18.7 Å². The summed E-state index contributed by atoms with van der Waals surface area (Å²) in [6, 6.07) is 8.29. The van der Waals surface area contributed by atoms with E-state index in [9.17, 15) is 4.79 Å². The molecule has 2 atom stereocenters. The van der Waals surface area contributed by atoms with E-state index in [1.807, 2.05) is 18.2 Å². The molecular formula is C15H22N2O2. The van der Waals surface area contributed by atoms with E-state index in [4.69, 9.17) is 4.74 Å². The fourth-order valence-electron chi connectivity index (χ4n) is 2.30. The van der Waals surface area contributed by atoms with Crippen LogP contribution >= 0.6 is 0 Å². The molecule has 1 aliphatic rings. The Hall–Kier alpha value is -1.39. The zero-order valence-electron chi connectivity index (χ0n) is 11.6. The summed E-state index contributed by atoms with van der Waals surface area (Å²) in [5.74, 6) is 0.0561. The summed E-state index contributed by atoms with van der Waals surface area (Å²) in [5.41, 5.74) is 2.04. The van der Waals surface area contributed by atoms with Gasteiger partial charge in [-0.25, -0.2) is 0 Å². The molecule has 1 saturated heterocycles. The molecule has 1 aliphatic heterocycles. The van der Waals surface area contributed by atoms with Crippen LogP contribution in [0.25, 0.3) is 0 Å². The third-order valence-corrected chi connectivity index (χ3v) is 3.46. The lowest BCUT2D eigenvalue weighted by molar-refractivity contribution is -0.119. The molecule has 4 heteroatoms. The number of carbonyl (C=O) groups is 1. The van der Waals surface area contributed by atoms with Crippen molar-refractivity contribution in [3.63, 3.8) is 0 Å². The van der Waals surface area contributed by atoms with Crippen LogP contribution in [0.5, 0.6) is 0 Å². The minimum absolute atomic E-state index is 0.00477. The molecule has 0 spiro atoms. The van der Waals surface area contributed by atoms with Gasteiger partial charge >= 0.3 is 0 Å². The van der Waals surface area contributed by atoms with Crippen molar-refractivity contribution in [2.75, 3.05) is 25.1 Å². The first-order valence-electron chi connectivity index (χ1n) is 6.92. The molecule has 104 valence electrons. The summed E-state index contributed by atoms with van der Waals surface area (Å²) < 4.78 is 5.24. The van der Waals surface area contributed by atoms with Gasteiger partial charge in [0, 0.05) is 18.3 Å². The molecule has 2 N–H and O–H groups in total. The lowest BCUT2D eigenvalue weighted by atomic mass is 10.1. The quantitative estimate of drug-likeness (QED) is 0.856. The molecule has 4 nitrogen and oxygen atoms in total. The minimum atomic E-state index is -0.00477. The first kappa shape index (κ1) is 14.0. The summed E-state index contributed by atoms with van der Waals surface area (Å²) in [7, 11) is 0. The summed E-state index contributed by atoms with van der Waals surface area (Å²) in [6.45, 7) is 6.36. The van der Waals surface area contributed by atoms with Gasteiger partial charge in [-0.05, 0) is 37.6 Å². The summed E-state index contributed by atoms with van der Waals surface area (Å²) in [5, 5.41) is 6.34. The van der Waals surface area contributed by atoms with Crippen LogP contribution in [0, 0.1) is 5.92 Å². The second-order valence-corrected chi connectivity index (χ2v) is 4.95. The van der Waals surface area contributed by atoms with Crippen LogP contribution < -0.4 is 10.6 Å². The molecule has 1 amide bonds. The fourth-order valence-corrected chi connectivity index (χ4v) is 2.30. The van der Waals surface area contributed by atoms with Gasteiger partial charge in [-0.15, -0.1) is 0 Å². The van der Waals surface area contributed by atoms with Gasteiger partial charge in [-0.3, -0.25) is 4.79 Å². The smallest absolute Gasteiger partial charge is 0.229 e. The molecule has 2 unspecified atom stereocenters. The molecule has 1 fully saturated rings. The van der Waals surface area contributed by atoms with Gasteiger partial charge in [-0.1, -0.05) is 19.1 Å². The molecule has 1 heterocycles. The van der Waals surface area contributed by atoms with Gasteiger partial charge in [0.1, 0.15) is 0 Å². The van der Waals surface area contributed by atoms with Gasteiger partial charge in [0.15, 0.2) is 0 Å². The maximum Gasteiger partial charge on any atom is 0.229 e. The monoisotopic (exact) mass is 262 g/mol. The third kappa shape index (κ3) is 3.78. The van der Waals surface area contributed by atoms with E-state index < -0.39 is 0 Å². The summed E-state index contributed by atoms with van der Waals surface area (Å²) in [6.07, 6.45) is 0.819. The standard InChI is InChI=1S/C15H22N2O2/c1-3-16-11(2)12-5-4-6-14(9-12)17-15(18)13-7-8-19-10-13/h4-6,9,11,13,16H,3,7-8,10H2,1-2H3,(H,17,18). The Morgan fingerprint density at radius 1 is 1.53 bits per heavy atom. The van der Waals surface area contributed by atoms with Crippen molar-refractivity contribution in [3.05, 3.63) is 29.8 Å². The van der Waals surface area contributed by atoms with Crippen molar-refractivity contribution >= 4 is 11.6 Å². The SMILES string of the molecule is CCNC(C)c1cccc(NC(=O)C2CCOC2)c1. The Bertz CT molecular complexity index is 428. The number of amides is 1. The zero-order chi connectivity index (χ0) is 13.7. The molecule has 0 bridgehead atoms. The molecule has 0 radical (unpaired) electrons. The van der Waals surface area contributed by atoms with Crippen LogP contribution in [0.1, 0.15) is 31.9 Å². The van der Waals surface area contributed by atoms with Crippen LogP contribution in [0.15, 0.2) is 24.3 Å². The highest BCUT2D eigenvalue weighted by Gasteiger charge is 2.23. The second-order valence-electron chi connectivity index (χ2n) is 4.95. The number of benzene rings is 1.